The first kappa shape index (κ1) is 13.6. The van der Waals surface area contributed by atoms with E-state index in [0.717, 1.165) is 12.1 Å². The third kappa shape index (κ3) is 2.96. The molecule has 19 heavy (non-hydrogen) atoms. The maximum Gasteiger partial charge on any atom is 0.332 e. The van der Waals surface area contributed by atoms with Crippen LogP contribution in [0.1, 0.15) is 32.4 Å². The highest BCUT2D eigenvalue weighted by Crippen LogP contribution is 2.10. The molecule has 1 atom stereocenters. The molecule has 0 bridgehead atoms. The van der Waals surface area contributed by atoms with Gasteiger partial charge in [-0.3, -0.25) is 9.13 Å². The summed E-state index contributed by atoms with van der Waals surface area (Å²) < 4.78 is 3.38. The van der Waals surface area contributed by atoms with Gasteiger partial charge in [0.15, 0.2) is 0 Å². The molecule has 2 aromatic rings. The molecule has 1 heterocycles. The van der Waals surface area contributed by atoms with E-state index in [1.165, 1.54) is 5.56 Å². The Morgan fingerprint density at radius 2 is 1.74 bits per heavy atom. The van der Waals surface area contributed by atoms with E-state index in [2.05, 4.69) is 0 Å². The summed E-state index contributed by atoms with van der Waals surface area (Å²) in [5.74, 6) is 0. The number of hydrogen-bond acceptors (Lipinski definition) is 2. The second kappa shape index (κ2) is 5.45. The molecule has 102 valence electrons. The van der Waals surface area contributed by atoms with E-state index >= 15 is 0 Å². The molecule has 0 radical (unpaired) electrons. The summed E-state index contributed by atoms with van der Waals surface area (Å²) in [6.45, 7) is 5.98. The van der Waals surface area contributed by atoms with Crippen molar-refractivity contribution in [2.75, 3.05) is 0 Å². The zero-order valence-corrected chi connectivity index (χ0v) is 11.7. The van der Waals surface area contributed by atoms with Crippen molar-refractivity contribution in [3.05, 3.63) is 52.7 Å². The lowest BCUT2D eigenvalue weighted by Gasteiger charge is -2.07. The molecule has 1 aromatic heterocycles. The highest BCUT2D eigenvalue weighted by Gasteiger charge is 2.07. The lowest BCUT2D eigenvalue weighted by molar-refractivity contribution is 0.574. The van der Waals surface area contributed by atoms with Crippen LogP contribution in [0.25, 0.3) is 5.69 Å². The Bertz CT molecular complexity index is 591. The first-order valence-electron chi connectivity index (χ1n) is 6.63. The Hall–Kier alpha value is -1.81. The minimum atomic E-state index is -0.00468. The first-order valence-corrected chi connectivity index (χ1v) is 6.63. The van der Waals surface area contributed by atoms with E-state index in [0.29, 0.717) is 0 Å². The fraction of sp³-hybridized carbons (Fsp3) is 0.400. The lowest BCUT2D eigenvalue weighted by Crippen LogP contribution is -2.24. The molecule has 0 saturated carbocycles. The van der Waals surface area contributed by atoms with Gasteiger partial charge in [0, 0.05) is 24.5 Å². The number of imidazole rings is 1. The van der Waals surface area contributed by atoms with Crippen LogP contribution in [0, 0.1) is 0 Å². The molecule has 0 spiro atoms. The van der Waals surface area contributed by atoms with Gasteiger partial charge in [-0.15, -0.1) is 0 Å². The number of hydrogen-bond donors (Lipinski definition) is 1. The SMILES string of the molecule is CC(N)Cc1ccc(-n2ccn(C(C)C)c2=O)cc1. The Morgan fingerprint density at radius 3 is 2.21 bits per heavy atom. The van der Waals surface area contributed by atoms with Crippen molar-refractivity contribution >= 4 is 0 Å². The molecule has 0 amide bonds. The van der Waals surface area contributed by atoms with Crippen LogP contribution in [0.5, 0.6) is 0 Å². The second-order valence-corrected chi connectivity index (χ2v) is 5.30. The van der Waals surface area contributed by atoms with Crippen LogP contribution in [-0.2, 0) is 6.42 Å². The summed E-state index contributed by atoms with van der Waals surface area (Å²) in [6, 6.07) is 8.30. The van der Waals surface area contributed by atoms with Crippen LogP contribution >= 0.6 is 0 Å². The quantitative estimate of drug-likeness (QED) is 0.914. The van der Waals surface area contributed by atoms with Gasteiger partial charge in [0.1, 0.15) is 0 Å². The minimum Gasteiger partial charge on any atom is -0.328 e. The van der Waals surface area contributed by atoms with Crippen molar-refractivity contribution in [3.8, 4) is 5.69 Å². The van der Waals surface area contributed by atoms with E-state index in [1.807, 2.05) is 57.4 Å². The molecular formula is C15H21N3O. The fourth-order valence-electron chi connectivity index (χ4n) is 2.14. The van der Waals surface area contributed by atoms with Crippen molar-refractivity contribution in [3.63, 3.8) is 0 Å². The highest BCUT2D eigenvalue weighted by atomic mass is 16.1. The van der Waals surface area contributed by atoms with Crippen LogP contribution < -0.4 is 11.4 Å². The van der Waals surface area contributed by atoms with Crippen molar-refractivity contribution < 1.29 is 0 Å². The molecule has 4 nitrogen and oxygen atoms in total. The third-order valence-corrected chi connectivity index (χ3v) is 3.13. The number of nitrogens with zero attached hydrogens (tertiary/aromatic N) is 2. The number of nitrogens with two attached hydrogens (primary N) is 1. The molecule has 4 heteroatoms. The third-order valence-electron chi connectivity index (χ3n) is 3.13. The molecule has 1 unspecified atom stereocenters. The van der Waals surface area contributed by atoms with Gasteiger partial charge >= 0.3 is 5.69 Å². The smallest absolute Gasteiger partial charge is 0.328 e. The van der Waals surface area contributed by atoms with Crippen LogP contribution in [0.3, 0.4) is 0 Å². The summed E-state index contributed by atoms with van der Waals surface area (Å²) >= 11 is 0. The van der Waals surface area contributed by atoms with Gasteiger partial charge in [-0.05, 0) is 44.9 Å². The molecule has 0 aliphatic carbocycles. The molecule has 0 aliphatic rings. The van der Waals surface area contributed by atoms with Crippen molar-refractivity contribution in [2.24, 2.45) is 5.73 Å². The molecular weight excluding hydrogens is 238 g/mol. The lowest BCUT2D eigenvalue weighted by atomic mass is 10.1. The Morgan fingerprint density at radius 1 is 1.11 bits per heavy atom. The zero-order valence-electron chi connectivity index (χ0n) is 11.7. The van der Waals surface area contributed by atoms with E-state index in [9.17, 15) is 4.79 Å². The molecule has 2 N–H and O–H groups in total. The van der Waals surface area contributed by atoms with Crippen LogP contribution in [0.15, 0.2) is 41.5 Å². The number of aromatic nitrogens is 2. The van der Waals surface area contributed by atoms with Crippen LogP contribution in [0.2, 0.25) is 0 Å². The van der Waals surface area contributed by atoms with Crippen LogP contribution in [0.4, 0.5) is 0 Å². The summed E-state index contributed by atoms with van der Waals surface area (Å²) in [6.07, 6.45) is 4.48. The van der Waals surface area contributed by atoms with Crippen molar-refractivity contribution in [1.82, 2.24) is 9.13 Å². The monoisotopic (exact) mass is 259 g/mol. The van der Waals surface area contributed by atoms with E-state index < -0.39 is 0 Å². The normalized spacial score (nSPS) is 12.9. The Kier molecular flexibility index (Phi) is 3.90. The largest absolute Gasteiger partial charge is 0.332 e. The average molecular weight is 259 g/mol. The standard InChI is InChI=1S/C15H21N3O/c1-11(2)17-8-9-18(15(17)19)14-6-4-13(5-7-14)10-12(3)16/h4-9,11-12H,10,16H2,1-3H3. The topological polar surface area (TPSA) is 52.9 Å². The van der Waals surface area contributed by atoms with Gasteiger partial charge in [-0.1, -0.05) is 12.1 Å². The average Bonchev–Trinajstić information content (AvgIpc) is 2.71. The van der Waals surface area contributed by atoms with E-state index in [-0.39, 0.29) is 17.8 Å². The zero-order chi connectivity index (χ0) is 14.0. The predicted octanol–water partition coefficient (Wildman–Crippen LogP) is 2.11. The predicted molar refractivity (Wildman–Crippen MR) is 77.8 cm³/mol. The summed E-state index contributed by atoms with van der Waals surface area (Å²) in [4.78, 5) is 12.2. The van der Waals surface area contributed by atoms with E-state index in [4.69, 9.17) is 5.73 Å². The minimum absolute atomic E-state index is 0.00468. The summed E-state index contributed by atoms with van der Waals surface area (Å²) in [7, 11) is 0. The van der Waals surface area contributed by atoms with Gasteiger partial charge in [-0.2, -0.15) is 0 Å². The van der Waals surface area contributed by atoms with Gasteiger partial charge in [0.05, 0.1) is 5.69 Å². The maximum atomic E-state index is 12.2. The highest BCUT2D eigenvalue weighted by molar-refractivity contribution is 5.35. The van der Waals surface area contributed by atoms with Gasteiger partial charge in [0.25, 0.3) is 0 Å². The van der Waals surface area contributed by atoms with Crippen molar-refractivity contribution in [2.45, 2.75) is 39.3 Å². The molecule has 1 aromatic carbocycles. The molecule has 2 rings (SSSR count). The van der Waals surface area contributed by atoms with Gasteiger partial charge < -0.3 is 5.73 Å². The Balaban J connectivity index is 2.30. The molecule has 0 saturated heterocycles. The van der Waals surface area contributed by atoms with E-state index in [1.54, 1.807) is 9.13 Å². The summed E-state index contributed by atoms with van der Waals surface area (Å²) in [5, 5.41) is 0. The molecule has 0 fully saturated rings. The molecule has 0 aliphatic heterocycles. The Labute approximate surface area is 113 Å². The summed E-state index contributed by atoms with van der Waals surface area (Å²) in [5.41, 5.74) is 7.85. The number of benzene rings is 1. The second-order valence-electron chi connectivity index (χ2n) is 5.30. The van der Waals surface area contributed by atoms with Gasteiger partial charge in [-0.25, -0.2) is 4.79 Å². The fourth-order valence-corrected chi connectivity index (χ4v) is 2.14. The number of rotatable bonds is 4. The van der Waals surface area contributed by atoms with Gasteiger partial charge in [0.2, 0.25) is 0 Å². The maximum absolute atomic E-state index is 12.2. The van der Waals surface area contributed by atoms with Crippen LogP contribution in [-0.4, -0.2) is 15.2 Å². The van der Waals surface area contributed by atoms with Crippen molar-refractivity contribution in [1.29, 1.82) is 0 Å². The first-order chi connectivity index (χ1) is 8.99.